The van der Waals surface area contributed by atoms with Crippen LogP contribution in [0.2, 0.25) is 0 Å². The lowest BCUT2D eigenvalue weighted by Gasteiger charge is -2.31. The van der Waals surface area contributed by atoms with E-state index in [4.69, 9.17) is 14.5 Å². The molecule has 0 spiro atoms. The number of carbonyl (C=O) groups excluding carboxylic acids is 1. The molecule has 0 saturated heterocycles. The summed E-state index contributed by atoms with van der Waals surface area (Å²) in [4.78, 5) is 23.4. The van der Waals surface area contributed by atoms with Crippen molar-refractivity contribution in [3.8, 4) is 0 Å². The Morgan fingerprint density at radius 2 is 1.71 bits per heavy atom. The van der Waals surface area contributed by atoms with Gasteiger partial charge in [-0.15, -0.1) is 0 Å². The standard InChI is InChI=1S/C23H37NO4/c1-16(2)18-12-11-13-19(14-18)23(9,10)24-20(25)26-17(3)15-22(7,8)28-27-21(4,5)6/h11-14,17H,1,15H2,2-10H3,(H,24,25). The van der Waals surface area contributed by atoms with E-state index < -0.39 is 22.8 Å². The highest BCUT2D eigenvalue weighted by Gasteiger charge is 2.29. The number of rotatable bonds is 8. The molecule has 5 heteroatoms. The van der Waals surface area contributed by atoms with Crippen LogP contribution >= 0.6 is 0 Å². The minimum absolute atomic E-state index is 0.337. The van der Waals surface area contributed by atoms with E-state index >= 15 is 0 Å². The molecule has 0 radical (unpaired) electrons. The molecule has 1 rings (SSSR count). The molecule has 1 aromatic carbocycles. The van der Waals surface area contributed by atoms with Crippen molar-refractivity contribution in [2.24, 2.45) is 0 Å². The lowest BCUT2D eigenvalue weighted by Crippen LogP contribution is -2.43. The first-order valence-electron chi connectivity index (χ1n) is 9.73. The van der Waals surface area contributed by atoms with Gasteiger partial charge in [0, 0.05) is 6.42 Å². The van der Waals surface area contributed by atoms with Crippen LogP contribution in [0.1, 0.15) is 79.9 Å². The van der Waals surface area contributed by atoms with E-state index in [-0.39, 0.29) is 6.10 Å². The molecule has 0 aliphatic heterocycles. The van der Waals surface area contributed by atoms with Crippen molar-refractivity contribution in [3.05, 3.63) is 42.0 Å². The molecule has 0 heterocycles. The summed E-state index contributed by atoms with van der Waals surface area (Å²) in [6, 6.07) is 7.99. The highest BCUT2D eigenvalue weighted by molar-refractivity contribution is 5.69. The molecule has 1 amide bonds. The minimum atomic E-state index is -0.585. The Balaban J connectivity index is 2.67. The molecule has 158 valence electrons. The average molecular weight is 392 g/mol. The summed E-state index contributed by atoms with van der Waals surface area (Å²) in [7, 11) is 0. The van der Waals surface area contributed by atoms with Crippen LogP contribution in [0.15, 0.2) is 30.8 Å². The van der Waals surface area contributed by atoms with Crippen LogP contribution in [-0.2, 0) is 20.1 Å². The van der Waals surface area contributed by atoms with Crippen molar-refractivity contribution in [2.45, 2.75) is 91.6 Å². The summed E-state index contributed by atoms with van der Waals surface area (Å²) < 4.78 is 5.55. The van der Waals surface area contributed by atoms with Crippen LogP contribution in [-0.4, -0.2) is 23.4 Å². The summed E-state index contributed by atoms with van der Waals surface area (Å²) in [5, 5.41) is 2.95. The molecule has 28 heavy (non-hydrogen) atoms. The predicted octanol–water partition coefficient (Wildman–Crippen LogP) is 5.98. The second-order valence-corrected chi connectivity index (χ2v) is 9.57. The van der Waals surface area contributed by atoms with Gasteiger partial charge in [-0.05, 0) is 79.5 Å². The fourth-order valence-electron chi connectivity index (χ4n) is 2.72. The van der Waals surface area contributed by atoms with Crippen LogP contribution in [0, 0.1) is 0 Å². The van der Waals surface area contributed by atoms with Gasteiger partial charge in [-0.3, -0.25) is 0 Å². The van der Waals surface area contributed by atoms with Gasteiger partial charge in [0.15, 0.2) is 0 Å². The number of amides is 1. The summed E-state index contributed by atoms with van der Waals surface area (Å²) in [6.45, 7) is 21.2. The van der Waals surface area contributed by atoms with Crippen LogP contribution in [0.3, 0.4) is 0 Å². The Morgan fingerprint density at radius 1 is 1.11 bits per heavy atom. The SMILES string of the molecule is C=C(C)c1cccc(C(C)(C)NC(=O)OC(C)CC(C)(C)OOC(C)(C)C)c1. The van der Waals surface area contributed by atoms with Gasteiger partial charge in [-0.1, -0.05) is 30.4 Å². The first-order valence-corrected chi connectivity index (χ1v) is 9.73. The van der Waals surface area contributed by atoms with E-state index in [9.17, 15) is 4.79 Å². The first-order chi connectivity index (χ1) is 12.6. The number of nitrogens with one attached hydrogen (secondary N) is 1. The summed E-state index contributed by atoms with van der Waals surface area (Å²) in [6.07, 6.45) is -0.302. The van der Waals surface area contributed by atoms with E-state index in [0.717, 1.165) is 16.7 Å². The number of hydrogen-bond acceptors (Lipinski definition) is 4. The van der Waals surface area contributed by atoms with Crippen molar-refractivity contribution in [1.29, 1.82) is 0 Å². The highest BCUT2D eigenvalue weighted by Crippen LogP contribution is 2.25. The molecule has 0 bridgehead atoms. The Bertz CT molecular complexity index is 686. The fourth-order valence-corrected chi connectivity index (χ4v) is 2.72. The van der Waals surface area contributed by atoms with E-state index in [1.54, 1.807) is 0 Å². The van der Waals surface area contributed by atoms with Crippen LogP contribution in [0.25, 0.3) is 5.57 Å². The maximum absolute atomic E-state index is 12.4. The monoisotopic (exact) mass is 391 g/mol. The van der Waals surface area contributed by atoms with Crippen molar-refractivity contribution < 1.29 is 19.3 Å². The largest absolute Gasteiger partial charge is 0.446 e. The number of benzene rings is 1. The Morgan fingerprint density at radius 3 is 2.25 bits per heavy atom. The normalized spacial score (nSPS) is 13.8. The second kappa shape index (κ2) is 9.10. The third-order valence-electron chi connectivity index (χ3n) is 4.10. The molecule has 5 nitrogen and oxygen atoms in total. The third-order valence-corrected chi connectivity index (χ3v) is 4.10. The molecule has 1 unspecified atom stereocenters. The molecule has 0 fully saturated rings. The summed E-state index contributed by atoms with van der Waals surface area (Å²) in [5.74, 6) is 0. The van der Waals surface area contributed by atoms with Gasteiger partial charge in [0.05, 0.1) is 11.1 Å². The van der Waals surface area contributed by atoms with Gasteiger partial charge in [-0.2, -0.15) is 0 Å². The Labute approximate surface area is 170 Å². The predicted molar refractivity (Wildman–Crippen MR) is 114 cm³/mol. The van der Waals surface area contributed by atoms with Crippen molar-refractivity contribution in [2.75, 3.05) is 0 Å². The van der Waals surface area contributed by atoms with Gasteiger partial charge in [-0.25, -0.2) is 14.6 Å². The molecule has 0 saturated carbocycles. The van der Waals surface area contributed by atoms with Crippen LogP contribution in [0.5, 0.6) is 0 Å². The maximum Gasteiger partial charge on any atom is 0.408 e. The lowest BCUT2D eigenvalue weighted by atomic mass is 9.92. The molecule has 0 aliphatic rings. The Hall–Kier alpha value is -1.85. The van der Waals surface area contributed by atoms with E-state index in [1.807, 2.05) is 86.6 Å². The zero-order valence-corrected chi connectivity index (χ0v) is 18.9. The molecule has 1 aromatic rings. The lowest BCUT2D eigenvalue weighted by molar-refractivity contribution is -0.399. The van der Waals surface area contributed by atoms with E-state index in [2.05, 4.69) is 11.9 Å². The smallest absolute Gasteiger partial charge is 0.408 e. The van der Waals surface area contributed by atoms with Crippen molar-refractivity contribution in [1.82, 2.24) is 5.32 Å². The quantitative estimate of drug-likeness (QED) is 0.437. The summed E-state index contributed by atoms with van der Waals surface area (Å²) >= 11 is 0. The summed E-state index contributed by atoms with van der Waals surface area (Å²) in [5.41, 5.74) is 1.45. The molecular formula is C23H37NO4. The molecule has 1 N–H and O–H groups in total. The molecule has 0 aliphatic carbocycles. The van der Waals surface area contributed by atoms with Crippen LogP contribution < -0.4 is 5.32 Å². The van der Waals surface area contributed by atoms with Gasteiger partial charge in [0.25, 0.3) is 0 Å². The fraction of sp³-hybridized carbons (Fsp3) is 0.609. The molecule has 0 aromatic heterocycles. The topological polar surface area (TPSA) is 56.8 Å². The van der Waals surface area contributed by atoms with E-state index in [1.165, 1.54) is 0 Å². The Kier molecular flexibility index (Phi) is 7.86. The number of alkyl carbamates (subject to hydrolysis) is 1. The van der Waals surface area contributed by atoms with Gasteiger partial charge in [0.2, 0.25) is 0 Å². The zero-order valence-electron chi connectivity index (χ0n) is 18.9. The molecule has 1 atom stereocenters. The third kappa shape index (κ3) is 8.44. The zero-order chi connectivity index (χ0) is 21.8. The maximum atomic E-state index is 12.4. The number of carbonyl (C=O) groups is 1. The average Bonchev–Trinajstić information content (AvgIpc) is 2.51. The molecular weight excluding hydrogens is 354 g/mol. The number of allylic oxidation sites excluding steroid dienone is 1. The number of ether oxygens (including phenoxy) is 1. The van der Waals surface area contributed by atoms with Crippen molar-refractivity contribution in [3.63, 3.8) is 0 Å². The highest BCUT2D eigenvalue weighted by atomic mass is 17.2. The van der Waals surface area contributed by atoms with E-state index in [0.29, 0.717) is 6.42 Å². The number of hydrogen-bond donors (Lipinski definition) is 1. The second-order valence-electron chi connectivity index (χ2n) is 9.57. The van der Waals surface area contributed by atoms with Gasteiger partial charge in [0.1, 0.15) is 11.7 Å². The van der Waals surface area contributed by atoms with Gasteiger partial charge < -0.3 is 10.1 Å². The van der Waals surface area contributed by atoms with Crippen LogP contribution in [0.4, 0.5) is 4.79 Å². The first kappa shape index (κ1) is 24.2. The van der Waals surface area contributed by atoms with Gasteiger partial charge >= 0.3 is 6.09 Å². The van der Waals surface area contributed by atoms with Crippen molar-refractivity contribution >= 4 is 11.7 Å². The minimum Gasteiger partial charge on any atom is -0.446 e.